The van der Waals surface area contributed by atoms with Gasteiger partial charge in [-0.3, -0.25) is 19.6 Å². The number of rotatable bonds is 4. The molecule has 0 aliphatic carbocycles. The fourth-order valence-electron chi connectivity index (χ4n) is 3.40. The van der Waals surface area contributed by atoms with Crippen LogP contribution in [-0.4, -0.2) is 52.4 Å². The number of aryl methyl sites for hydroxylation is 1. The zero-order valence-electron chi connectivity index (χ0n) is 14.5. The number of hydrogen-bond donors (Lipinski definition) is 3. The van der Waals surface area contributed by atoms with Crippen LogP contribution in [0.3, 0.4) is 0 Å². The number of piperidine rings is 1. The van der Waals surface area contributed by atoms with E-state index in [4.69, 9.17) is 0 Å². The summed E-state index contributed by atoms with van der Waals surface area (Å²) >= 11 is 0. The Morgan fingerprint density at radius 1 is 1.32 bits per heavy atom. The fourth-order valence-corrected chi connectivity index (χ4v) is 3.40. The molecule has 0 saturated carbocycles. The second-order valence-electron chi connectivity index (χ2n) is 6.58. The van der Waals surface area contributed by atoms with Crippen molar-refractivity contribution in [1.82, 2.24) is 25.2 Å². The van der Waals surface area contributed by atoms with Gasteiger partial charge in [0.25, 0.3) is 11.5 Å². The SMILES string of the molecule is CNCCC1CCN(C(=O)c2cc(C)c3c(=O)[nH]c(=O)[nH]c3n2)CC1. The molecule has 2 aromatic heterocycles. The van der Waals surface area contributed by atoms with Gasteiger partial charge in [0.1, 0.15) is 11.3 Å². The third kappa shape index (κ3) is 3.63. The van der Waals surface area contributed by atoms with Crippen LogP contribution in [-0.2, 0) is 0 Å². The van der Waals surface area contributed by atoms with E-state index in [0.717, 1.165) is 25.8 Å². The first-order chi connectivity index (χ1) is 12.0. The summed E-state index contributed by atoms with van der Waals surface area (Å²) in [5.41, 5.74) is -0.0804. The quantitative estimate of drug-likeness (QED) is 0.742. The van der Waals surface area contributed by atoms with Gasteiger partial charge in [-0.2, -0.15) is 0 Å². The highest BCUT2D eigenvalue weighted by molar-refractivity contribution is 5.95. The average molecular weight is 345 g/mol. The van der Waals surface area contributed by atoms with Crippen LogP contribution in [0.1, 0.15) is 35.3 Å². The van der Waals surface area contributed by atoms with Crippen LogP contribution < -0.4 is 16.6 Å². The molecule has 0 bridgehead atoms. The standard InChI is InChI=1S/C17H23N5O3/c1-10-9-12(19-14-13(10)15(23)21-17(25)20-14)16(24)22-7-4-11(5-8-22)3-6-18-2/h9,11,18H,3-8H2,1-2H3,(H2,19,20,21,23,25). The van der Waals surface area contributed by atoms with Crippen molar-refractivity contribution in [2.75, 3.05) is 26.7 Å². The second-order valence-corrected chi connectivity index (χ2v) is 6.58. The molecule has 3 heterocycles. The third-order valence-corrected chi connectivity index (χ3v) is 4.83. The van der Waals surface area contributed by atoms with Crippen LogP contribution in [0.5, 0.6) is 0 Å². The van der Waals surface area contributed by atoms with Crippen molar-refractivity contribution in [3.05, 3.63) is 38.2 Å². The smallest absolute Gasteiger partial charge is 0.327 e. The molecule has 0 spiro atoms. The summed E-state index contributed by atoms with van der Waals surface area (Å²) in [6.07, 6.45) is 3.09. The van der Waals surface area contributed by atoms with E-state index in [-0.39, 0.29) is 17.2 Å². The zero-order valence-corrected chi connectivity index (χ0v) is 14.5. The highest BCUT2D eigenvalue weighted by Crippen LogP contribution is 2.22. The van der Waals surface area contributed by atoms with E-state index in [1.54, 1.807) is 17.9 Å². The van der Waals surface area contributed by atoms with Crippen molar-refractivity contribution in [2.45, 2.75) is 26.2 Å². The van der Waals surface area contributed by atoms with Gasteiger partial charge >= 0.3 is 5.69 Å². The van der Waals surface area contributed by atoms with Crippen molar-refractivity contribution in [2.24, 2.45) is 5.92 Å². The Balaban J connectivity index is 1.81. The Kier molecular flexibility index (Phi) is 4.98. The van der Waals surface area contributed by atoms with E-state index >= 15 is 0 Å². The van der Waals surface area contributed by atoms with Gasteiger partial charge in [0.15, 0.2) is 0 Å². The summed E-state index contributed by atoms with van der Waals surface area (Å²) < 4.78 is 0. The minimum absolute atomic E-state index is 0.154. The molecular weight excluding hydrogens is 322 g/mol. The van der Waals surface area contributed by atoms with Gasteiger partial charge in [0, 0.05) is 13.1 Å². The lowest BCUT2D eigenvalue weighted by Gasteiger charge is -2.31. The summed E-state index contributed by atoms with van der Waals surface area (Å²) in [6, 6.07) is 1.62. The highest BCUT2D eigenvalue weighted by atomic mass is 16.2. The van der Waals surface area contributed by atoms with Gasteiger partial charge in [-0.15, -0.1) is 0 Å². The van der Waals surface area contributed by atoms with Crippen molar-refractivity contribution < 1.29 is 4.79 Å². The summed E-state index contributed by atoms with van der Waals surface area (Å²) in [5.74, 6) is 0.482. The number of carbonyl (C=O) groups is 1. The van der Waals surface area contributed by atoms with Crippen LogP contribution in [0.15, 0.2) is 15.7 Å². The van der Waals surface area contributed by atoms with Crippen molar-refractivity contribution in [3.8, 4) is 0 Å². The number of nitrogens with zero attached hydrogens (tertiary/aromatic N) is 2. The molecular formula is C17H23N5O3. The number of fused-ring (bicyclic) bond motifs is 1. The Bertz CT molecular complexity index is 893. The first-order valence-corrected chi connectivity index (χ1v) is 8.57. The Hall–Kier alpha value is -2.48. The minimum Gasteiger partial charge on any atom is -0.337 e. The zero-order chi connectivity index (χ0) is 18.0. The number of aromatic nitrogens is 3. The van der Waals surface area contributed by atoms with E-state index in [1.165, 1.54) is 0 Å². The first-order valence-electron chi connectivity index (χ1n) is 8.57. The van der Waals surface area contributed by atoms with Gasteiger partial charge in [-0.25, -0.2) is 9.78 Å². The molecule has 0 atom stereocenters. The number of likely N-dealkylation sites (tertiary alicyclic amines) is 1. The van der Waals surface area contributed by atoms with Gasteiger partial charge in [0.05, 0.1) is 5.39 Å². The van der Waals surface area contributed by atoms with Crippen molar-refractivity contribution >= 4 is 16.9 Å². The van der Waals surface area contributed by atoms with Crippen molar-refractivity contribution in [1.29, 1.82) is 0 Å². The molecule has 2 aromatic rings. The molecule has 3 rings (SSSR count). The highest BCUT2D eigenvalue weighted by Gasteiger charge is 2.25. The minimum atomic E-state index is -0.626. The van der Waals surface area contributed by atoms with Crippen LogP contribution >= 0.6 is 0 Å². The number of hydrogen-bond acceptors (Lipinski definition) is 5. The molecule has 3 N–H and O–H groups in total. The van der Waals surface area contributed by atoms with Crippen LogP contribution in [0.4, 0.5) is 0 Å². The van der Waals surface area contributed by atoms with E-state index in [9.17, 15) is 14.4 Å². The van der Waals surface area contributed by atoms with E-state index in [0.29, 0.717) is 30.0 Å². The molecule has 1 saturated heterocycles. The Morgan fingerprint density at radius 2 is 2.04 bits per heavy atom. The lowest BCUT2D eigenvalue weighted by Crippen LogP contribution is -2.39. The molecule has 134 valence electrons. The molecule has 0 radical (unpaired) electrons. The van der Waals surface area contributed by atoms with Gasteiger partial charge < -0.3 is 10.2 Å². The topological polar surface area (TPSA) is 111 Å². The summed E-state index contributed by atoms with van der Waals surface area (Å²) in [6.45, 7) is 4.14. The second kappa shape index (κ2) is 7.18. The number of pyridine rings is 1. The van der Waals surface area contributed by atoms with Gasteiger partial charge in [0.2, 0.25) is 0 Å². The van der Waals surface area contributed by atoms with Gasteiger partial charge in [-0.1, -0.05) is 0 Å². The number of aromatic amines is 2. The number of H-pyrrole nitrogens is 2. The maximum atomic E-state index is 12.8. The van der Waals surface area contributed by atoms with Gasteiger partial charge in [-0.05, 0) is 57.3 Å². The first kappa shape index (κ1) is 17.3. The normalized spacial score (nSPS) is 15.7. The lowest BCUT2D eigenvalue weighted by molar-refractivity contribution is 0.0681. The summed E-state index contributed by atoms with van der Waals surface area (Å²) in [7, 11) is 1.95. The molecule has 25 heavy (non-hydrogen) atoms. The predicted octanol–water partition coefficient (Wildman–Crippen LogP) is 0.382. The molecule has 0 unspecified atom stereocenters. The molecule has 8 heteroatoms. The molecule has 1 aliphatic heterocycles. The Morgan fingerprint density at radius 3 is 2.72 bits per heavy atom. The molecule has 1 aliphatic rings. The molecule has 1 amide bonds. The number of amides is 1. The molecule has 0 aromatic carbocycles. The summed E-state index contributed by atoms with van der Waals surface area (Å²) in [4.78, 5) is 46.8. The van der Waals surface area contributed by atoms with E-state index in [2.05, 4.69) is 20.3 Å². The fraction of sp³-hybridized carbons (Fsp3) is 0.529. The van der Waals surface area contributed by atoms with Crippen molar-refractivity contribution in [3.63, 3.8) is 0 Å². The number of carbonyl (C=O) groups excluding carboxylic acids is 1. The largest absolute Gasteiger partial charge is 0.337 e. The lowest BCUT2D eigenvalue weighted by atomic mass is 9.93. The average Bonchev–Trinajstić information content (AvgIpc) is 2.58. The van der Waals surface area contributed by atoms with E-state index in [1.807, 2.05) is 7.05 Å². The number of nitrogens with one attached hydrogen (secondary N) is 3. The van der Waals surface area contributed by atoms with Crippen LogP contribution in [0.2, 0.25) is 0 Å². The summed E-state index contributed by atoms with van der Waals surface area (Å²) in [5, 5.41) is 3.47. The molecule has 1 fully saturated rings. The predicted molar refractivity (Wildman–Crippen MR) is 94.9 cm³/mol. The van der Waals surface area contributed by atoms with E-state index < -0.39 is 11.2 Å². The monoisotopic (exact) mass is 345 g/mol. The Labute approximate surface area is 144 Å². The van der Waals surface area contributed by atoms with Crippen LogP contribution in [0, 0.1) is 12.8 Å². The maximum Gasteiger partial charge on any atom is 0.327 e. The van der Waals surface area contributed by atoms with Crippen LogP contribution in [0.25, 0.3) is 11.0 Å². The third-order valence-electron chi connectivity index (χ3n) is 4.83. The molecule has 8 nitrogen and oxygen atoms in total. The maximum absolute atomic E-state index is 12.8.